The number of carbonyl (C=O) groups excluding carboxylic acids is 2. The van der Waals surface area contributed by atoms with Gasteiger partial charge in [0.25, 0.3) is 0 Å². The summed E-state index contributed by atoms with van der Waals surface area (Å²) >= 11 is 0. The van der Waals surface area contributed by atoms with Crippen LogP contribution in [0.15, 0.2) is 12.2 Å². The van der Waals surface area contributed by atoms with Crippen molar-refractivity contribution in [2.45, 2.75) is 165 Å². The fraction of sp³-hybridized carbons (Fsp3) is 0.902. The Morgan fingerprint density at radius 1 is 0.883 bits per heavy atom. The molecule has 2 saturated heterocycles. The average Bonchev–Trinajstić information content (AvgIpc) is 3.18. The number of hydrogen-bond acceptors (Lipinski definition) is 18. The van der Waals surface area contributed by atoms with Crippen LogP contribution in [-0.4, -0.2) is 194 Å². The van der Waals surface area contributed by atoms with Crippen LogP contribution in [0.1, 0.15) is 67.2 Å². The molecule has 19 heteroatoms. The van der Waals surface area contributed by atoms with Gasteiger partial charge in [-0.15, -0.1) is 0 Å². The molecule has 0 radical (unpaired) electrons. The second-order valence-electron chi connectivity index (χ2n) is 17.3. The van der Waals surface area contributed by atoms with E-state index in [1.165, 1.54) is 62.5 Å². The number of nitrogens with zero attached hydrogens (tertiary/aromatic N) is 1. The second-order valence-corrected chi connectivity index (χ2v) is 17.3. The fourth-order valence-corrected chi connectivity index (χ4v) is 8.61. The number of rotatable bonds is 13. The van der Waals surface area contributed by atoms with Crippen LogP contribution < -0.4 is 0 Å². The average molecular weight is 868 g/mol. The van der Waals surface area contributed by atoms with Crippen molar-refractivity contribution in [3.05, 3.63) is 17.4 Å². The molecule has 0 saturated carbocycles. The van der Waals surface area contributed by atoms with Gasteiger partial charge in [0.05, 0.1) is 57.6 Å². The number of quaternary nitrogens is 1. The molecular formula is C41H73NO18. The summed E-state index contributed by atoms with van der Waals surface area (Å²) in [5.41, 5.74) is -2.08. The van der Waals surface area contributed by atoms with Gasteiger partial charge in [0.1, 0.15) is 42.2 Å². The first-order valence-electron chi connectivity index (χ1n) is 20.8. The Labute approximate surface area is 353 Å². The molecule has 0 aromatic heterocycles. The zero-order valence-corrected chi connectivity index (χ0v) is 37.2. The molecule has 3 heterocycles. The number of cyclic esters (lactones) is 1. The molecule has 3 rings (SSSR count). The number of aliphatic hydroxyl groups is 6. The molecule has 350 valence electrons. The summed E-state index contributed by atoms with van der Waals surface area (Å²) in [5.74, 6) is -4.83. The molecule has 0 bridgehead atoms. The molecule has 0 aromatic carbocycles. The van der Waals surface area contributed by atoms with Crippen LogP contribution in [0, 0.1) is 28.9 Å². The van der Waals surface area contributed by atoms with Crippen LogP contribution in [0.25, 0.3) is 0 Å². The van der Waals surface area contributed by atoms with Crippen molar-refractivity contribution in [2.75, 3.05) is 49.1 Å². The summed E-state index contributed by atoms with van der Waals surface area (Å²) < 4.78 is 51.4. The lowest BCUT2D eigenvalue weighted by atomic mass is 9.79. The molecule has 3 aliphatic heterocycles. The highest BCUT2D eigenvalue weighted by Gasteiger charge is 2.52. The SMILES string of the molecule is CC[C@H]1OC(=O)C[C@@H](O)[C@H](C)[C@@H](O[C@@H]2O[C@H](C)[C@@H](O)[C@H]([N+](C)(C)[O-])[C@H]2O)[C@@H](CC(OC)OC)C[C@@H](C)C(=O)/C=C/C(C)(O)C(O)[C@@H]1CO[C@@H]1O[C@H](C)[C@@H](O)[C@@H](OC)[C@H]1OC. The van der Waals surface area contributed by atoms with E-state index in [0.29, 0.717) is 0 Å². The lowest BCUT2D eigenvalue weighted by molar-refractivity contribution is -0.879. The largest absolute Gasteiger partial charge is 0.633 e. The third-order valence-corrected chi connectivity index (χ3v) is 12.5. The smallest absolute Gasteiger partial charge is 0.308 e. The highest BCUT2D eigenvalue weighted by atomic mass is 16.7. The first-order chi connectivity index (χ1) is 28.0. The minimum Gasteiger partial charge on any atom is -0.633 e. The van der Waals surface area contributed by atoms with Gasteiger partial charge in [0.2, 0.25) is 0 Å². The van der Waals surface area contributed by atoms with E-state index in [2.05, 4.69) is 0 Å². The van der Waals surface area contributed by atoms with Crippen LogP contribution in [0.3, 0.4) is 0 Å². The highest BCUT2D eigenvalue weighted by Crippen LogP contribution is 2.37. The molecule has 3 aliphatic rings. The van der Waals surface area contributed by atoms with Crippen LogP contribution >= 0.6 is 0 Å². The number of ketones is 1. The van der Waals surface area contributed by atoms with E-state index >= 15 is 0 Å². The Balaban J connectivity index is 2.08. The number of allylic oxidation sites excluding steroid dienone is 1. The van der Waals surface area contributed by atoms with Gasteiger partial charge in [0.15, 0.2) is 30.8 Å². The lowest BCUT2D eigenvalue weighted by Crippen LogP contribution is -2.67. The van der Waals surface area contributed by atoms with Crippen molar-refractivity contribution in [3.8, 4) is 0 Å². The van der Waals surface area contributed by atoms with Gasteiger partial charge in [0, 0.05) is 52.6 Å². The third-order valence-electron chi connectivity index (χ3n) is 12.5. The van der Waals surface area contributed by atoms with Gasteiger partial charge in [-0.3, -0.25) is 9.59 Å². The van der Waals surface area contributed by atoms with Crippen molar-refractivity contribution in [2.24, 2.45) is 23.7 Å². The molecule has 0 aliphatic carbocycles. The first-order valence-corrected chi connectivity index (χ1v) is 20.8. The number of hydrogen-bond donors (Lipinski definition) is 6. The zero-order valence-electron chi connectivity index (χ0n) is 37.2. The molecule has 19 atom stereocenters. The van der Waals surface area contributed by atoms with Crippen molar-refractivity contribution < 1.29 is 87.5 Å². The summed E-state index contributed by atoms with van der Waals surface area (Å²) in [4.78, 5) is 27.6. The maximum absolute atomic E-state index is 13.8. The second kappa shape index (κ2) is 22.7. The highest BCUT2D eigenvalue weighted by molar-refractivity contribution is 5.91. The van der Waals surface area contributed by atoms with E-state index in [-0.39, 0.29) is 25.9 Å². The monoisotopic (exact) mass is 867 g/mol. The molecule has 2 unspecified atom stereocenters. The van der Waals surface area contributed by atoms with E-state index in [1.807, 2.05) is 0 Å². The topological polar surface area (TPSA) is 262 Å². The van der Waals surface area contributed by atoms with Crippen molar-refractivity contribution in [1.29, 1.82) is 0 Å². The van der Waals surface area contributed by atoms with Crippen molar-refractivity contribution in [3.63, 3.8) is 0 Å². The van der Waals surface area contributed by atoms with Crippen molar-refractivity contribution in [1.82, 2.24) is 0 Å². The third kappa shape index (κ3) is 12.9. The number of aliphatic hydroxyl groups excluding tert-OH is 5. The summed E-state index contributed by atoms with van der Waals surface area (Å²) in [7, 11) is 8.21. The first kappa shape index (κ1) is 52.6. The number of likely N-dealkylation sites (N-methyl/N-ethyl adjacent to an activating group) is 1. The van der Waals surface area contributed by atoms with Crippen LogP contribution in [-0.2, 0) is 52.2 Å². The van der Waals surface area contributed by atoms with Crippen LogP contribution in [0.5, 0.6) is 0 Å². The molecule has 19 nitrogen and oxygen atoms in total. The quantitative estimate of drug-likeness (QED) is 0.0624. The molecule has 6 N–H and O–H groups in total. The minimum absolute atomic E-state index is 0.0722. The van der Waals surface area contributed by atoms with Crippen LogP contribution in [0.2, 0.25) is 0 Å². The number of esters is 1. The fourth-order valence-electron chi connectivity index (χ4n) is 8.61. The van der Waals surface area contributed by atoms with Crippen molar-refractivity contribution >= 4 is 11.8 Å². The number of ether oxygens (including phenoxy) is 9. The lowest BCUT2D eigenvalue weighted by Gasteiger charge is -2.52. The Morgan fingerprint density at radius 3 is 2.02 bits per heavy atom. The summed E-state index contributed by atoms with van der Waals surface area (Å²) in [5, 5.41) is 81.4. The summed E-state index contributed by atoms with van der Waals surface area (Å²) in [6, 6.07) is -1.28. The summed E-state index contributed by atoms with van der Waals surface area (Å²) in [6.45, 7) is 9.06. The van der Waals surface area contributed by atoms with Gasteiger partial charge in [-0.2, -0.15) is 0 Å². The molecular weight excluding hydrogens is 794 g/mol. The Morgan fingerprint density at radius 2 is 1.47 bits per heavy atom. The molecule has 60 heavy (non-hydrogen) atoms. The molecule has 0 spiro atoms. The van der Waals surface area contributed by atoms with E-state index in [4.69, 9.17) is 42.6 Å². The van der Waals surface area contributed by atoms with Gasteiger partial charge in [-0.25, -0.2) is 0 Å². The number of carbonyl (C=O) groups is 2. The molecule has 0 aromatic rings. The number of methoxy groups -OCH3 is 4. The predicted octanol–water partition coefficient (Wildman–Crippen LogP) is 0.161. The normalized spacial score (nSPS) is 43.8. The van der Waals surface area contributed by atoms with Gasteiger partial charge < -0.3 is 83.1 Å². The molecule has 2 fully saturated rings. The van der Waals surface area contributed by atoms with Gasteiger partial charge >= 0.3 is 5.97 Å². The maximum atomic E-state index is 13.8. The maximum Gasteiger partial charge on any atom is 0.308 e. The molecule has 0 amide bonds. The Hall–Kier alpha value is -1.76. The zero-order chi connectivity index (χ0) is 45.4. The van der Waals surface area contributed by atoms with E-state index < -0.39 is 144 Å². The van der Waals surface area contributed by atoms with E-state index in [9.17, 15) is 45.4 Å². The Bertz CT molecular complexity index is 1360. The van der Waals surface area contributed by atoms with Gasteiger partial charge in [-0.1, -0.05) is 20.8 Å². The van der Waals surface area contributed by atoms with Crippen LogP contribution in [0.4, 0.5) is 0 Å². The standard InChI is InChI=1S/C41H73NO18/c1-13-28-25(19-56-40-37(55-12)36(54-11)33(47)23(5)58-40)38(49)41(6,50)15-14-26(43)20(2)16-24(17-30(52-9)53-10)35(21(3)27(44)18-29(45)59-28)60-39-34(48)31(42(7,8)51)32(46)22(4)57-39/h14-15,20-25,27-28,30-40,44,46-50H,13,16-19H2,1-12H3/b15-14+/t20-,21+,22-,23-,24-,25-,27-,28-,31+,32-,33-,34-,35-,36-,37-,38?,39+,40-,41?/m1/s1. The minimum atomic E-state index is -2.08. The predicted molar refractivity (Wildman–Crippen MR) is 212 cm³/mol. The number of hydroxylamine groups is 3. The van der Waals surface area contributed by atoms with E-state index in [1.54, 1.807) is 27.7 Å². The Kier molecular flexibility index (Phi) is 19.9. The summed E-state index contributed by atoms with van der Waals surface area (Å²) in [6.07, 6.45) is -14.2. The van der Waals surface area contributed by atoms with Gasteiger partial charge in [-0.05, 0) is 51.7 Å². The van der Waals surface area contributed by atoms with E-state index in [0.717, 1.165) is 6.08 Å².